The first-order valence-corrected chi connectivity index (χ1v) is 5.12. The van der Waals surface area contributed by atoms with Gasteiger partial charge in [-0.15, -0.1) is 0 Å². The molecule has 0 unspecified atom stereocenters. The predicted molar refractivity (Wildman–Crippen MR) is 60.7 cm³/mol. The minimum Gasteiger partial charge on any atom is -0.476 e. The van der Waals surface area contributed by atoms with Crippen molar-refractivity contribution in [3.05, 3.63) is 18.1 Å². The minimum absolute atomic E-state index is 0.0401. The van der Waals surface area contributed by atoms with Crippen LogP contribution >= 0.6 is 0 Å². The van der Waals surface area contributed by atoms with Crippen LogP contribution in [-0.2, 0) is 0 Å². The Bertz CT molecular complexity index is 356. The van der Waals surface area contributed by atoms with Crippen LogP contribution in [-0.4, -0.2) is 52.6 Å². The molecule has 2 N–H and O–H groups in total. The molecule has 0 aliphatic heterocycles. The molecule has 0 atom stereocenters. The molecular weight excluding hydrogens is 208 g/mol. The lowest BCUT2D eigenvalue weighted by Crippen LogP contribution is -2.25. The molecule has 6 heteroatoms. The topological polar surface area (TPSA) is 78.3 Å². The SMILES string of the molecule is CCN(C)CCNc1nccnc1C(=O)O. The van der Waals surface area contributed by atoms with E-state index in [9.17, 15) is 4.79 Å². The zero-order chi connectivity index (χ0) is 12.0. The van der Waals surface area contributed by atoms with Crippen molar-refractivity contribution in [1.29, 1.82) is 0 Å². The van der Waals surface area contributed by atoms with Gasteiger partial charge in [0.15, 0.2) is 11.5 Å². The summed E-state index contributed by atoms with van der Waals surface area (Å²) in [4.78, 5) is 20.6. The quantitative estimate of drug-likeness (QED) is 0.734. The number of carboxylic acids is 1. The summed E-state index contributed by atoms with van der Waals surface area (Å²) in [5.74, 6) is -0.751. The van der Waals surface area contributed by atoms with E-state index in [1.54, 1.807) is 0 Å². The van der Waals surface area contributed by atoms with Crippen molar-refractivity contribution >= 4 is 11.8 Å². The van der Waals surface area contributed by atoms with Crippen LogP contribution in [0.4, 0.5) is 5.82 Å². The number of carboxylic acid groups (broad SMARTS) is 1. The van der Waals surface area contributed by atoms with Crippen LogP contribution in [0.5, 0.6) is 0 Å². The number of hydrogen-bond acceptors (Lipinski definition) is 5. The van der Waals surface area contributed by atoms with Crippen molar-refractivity contribution in [2.75, 3.05) is 32.0 Å². The van der Waals surface area contributed by atoms with Gasteiger partial charge in [0, 0.05) is 25.5 Å². The number of aromatic nitrogens is 2. The summed E-state index contributed by atoms with van der Waals surface area (Å²) in [5, 5.41) is 11.8. The molecule has 6 nitrogen and oxygen atoms in total. The summed E-state index contributed by atoms with van der Waals surface area (Å²) in [6, 6.07) is 0. The molecular formula is C10H16N4O2. The lowest BCUT2D eigenvalue weighted by Gasteiger charge is -2.14. The third-order valence-corrected chi connectivity index (χ3v) is 2.23. The largest absolute Gasteiger partial charge is 0.476 e. The molecule has 88 valence electrons. The molecule has 0 aliphatic rings. The van der Waals surface area contributed by atoms with E-state index < -0.39 is 5.97 Å². The van der Waals surface area contributed by atoms with Crippen LogP contribution in [0.1, 0.15) is 17.4 Å². The van der Waals surface area contributed by atoms with Gasteiger partial charge in [-0.2, -0.15) is 0 Å². The maximum absolute atomic E-state index is 10.8. The van der Waals surface area contributed by atoms with E-state index in [-0.39, 0.29) is 5.69 Å². The number of nitrogens with zero attached hydrogens (tertiary/aromatic N) is 3. The van der Waals surface area contributed by atoms with E-state index in [2.05, 4.69) is 27.1 Å². The van der Waals surface area contributed by atoms with Crippen molar-refractivity contribution < 1.29 is 9.90 Å². The molecule has 1 aromatic heterocycles. The molecule has 1 rings (SSSR count). The van der Waals surface area contributed by atoms with Gasteiger partial charge >= 0.3 is 5.97 Å². The fraction of sp³-hybridized carbons (Fsp3) is 0.500. The lowest BCUT2D eigenvalue weighted by atomic mass is 10.4. The second-order valence-corrected chi connectivity index (χ2v) is 3.38. The Hall–Kier alpha value is -1.69. The van der Waals surface area contributed by atoms with E-state index in [0.29, 0.717) is 12.4 Å². The van der Waals surface area contributed by atoms with Crippen LogP contribution in [0.15, 0.2) is 12.4 Å². The second-order valence-electron chi connectivity index (χ2n) is 3.38. The Morgan fingerprint density at radius 2 is 2.19 bits per heavy atom. The molecule has 0 bridgehead atoms. The highest BCUT2D eigenvalue weighted by Crippen LogP contribution is 2.07. The maximum Gasteiger partial charge on any atom is 0.358 e. The lowest BCUT2D eigenvalue weighted by molar-refractivity contribution is 0.0691. The summed E-state index contributed by atoms with van der Waals surface area (Å²) >= 11 is 0. The summed E-state index contributed by atoms with van der Waals surface area (Å²) < 4.78 is 0. The first kappa shape index (κ1) is 12.4. The summed E-state index contributed by atoms with van der Waals surface area (Å²) in [5.41, 5.74) is -0.0401. The fourth-order valence-electron chi connectivity index (χ4n) is 1.15. The molecule has 0 saturated carbocycles. The summed E-state index contributed by atoms with van der Waals surface area (Å²) in [6.45, 7) is 4.48. The van der Waals surface area contributed by atoms with Crippen LogP contribution < -0.4 is 5.32 Å². The zero-order valence-electron chi connectivity index (χ0n) is 9.47. The number of rotatable bonds is 6. The average Bonchev–Trinajstić information content (AvgIpc) is 2.29. The Kier molecular flexibility index (Phi) is 4.65. The fourth-order valence-corrected chi connectivity index (χ4v) is 1.15. The first-order chi connectivity index (χ1) is 7.65. The van der Waals surface area contributed by atoms with Gasteiger partial charge < -0.3 is 15.3 Å². The molecule has 1 aromatic rings. The van der Waals surface area contributed by atoms with E-state index in [4.69, 9.17) is 5.11 Å². The van der Waals surface area contributed by atoms with E-state index in [1.165, 1.54) is 12.4 Å². The average molecular weight is 224 g/mol. The first-order valence-electron chi connectivity index (χ1n) is 5.12. The van der Waals surface area contributed by atoms with Gasteiger partial charge in [-0.05, 0) is 13.6 Å². The molecule has 0 aliphatic carbocycles. The van der Waals surface area contributed by atoms with E-state index in [1.807, 2.05) is 7.05 Å². The molecule has 16 heavy (non-hydrogen) atoms. The minimum atomic E-state index is -1.07. The summed E-state index contributed by atoms with van der Waals surface area (Å²) in [7, 11) is 2.00. The van der Waals surface area contributed by atoms with Gasteiger partial charge in [-0.3, -0.25) is 0 Å². The van der Waals surface area contributed by atoms with Crippen molar-refractivity contribution in [2.45, 2.75) is 6.92 Å². The van der Waals surface area contributed by atoms with E-state index >= 15 is 0 Å². The third kappa shape index (κ3) is 3.47. The van der Waals surface area contributed by atoms with Crippen LogP contribution in [0.2, 0.25) is 0 Å². The number of nitrogens with one attached hydrogen (secondary N) is 1. The Labute approximate surface area is 94.3 Å². The normalized spacial score (nSPS) is 10.4. The number of anilines is 1. The molecule has 0 amide bonds. The monoisotopic (exact) mass is 224 g/mol. The zero-order valence-corrected chi connectivity index (χ0v) is 9.47. The predicted octanol–water partition coefficient (Wildman–Crippen LogP) is 0.538. The van der Waals surface area contributed by atoms with Crippen molar-refractivity contribution in [3.8, 4) is 0 Å². The number of likely N-dealkylation sites (N-methyl/N-ethyl adjacent to an activating group) is 1. The third-order valence-electron chi connectivity index (χ3n) is 2.23. The molecule has 0 radical (unpaired) electrons. The van der Waals surface area contributed by atoms with E-state index in [0.717, 1.165) is 13.1 Å². The Morgan fingerprint density at radius 1 is 1.50 bits per heavy atom. The van der Waals surface area contributed by atoms with Gasteiger partial charge in [-0.25, -0.2) is 14.8 Å². The molecule has 0 aromatic carbocycles. The molecule has 0 saturated heterocycles. The highest BCUT2D eigenvalue weighted by molar-refractivity contribution is 5.90. The van der Waals surface area contributed by atoms with Crippen LogP contribution in [0.25, 0.3) is 0 Å². The second kappa shape index (κ2) is 6.02. The Morgan fingerprint density at radius 3 is 2.81 bits per heavy atom. The highest BCUT2D eigenvalue weighted by Gasteiger charge is 2.11. The number of carbonyl (C=O) groups is 1. The summed E-state index contributed by atoms with van der Waals surface area (Å²) in [6.07, 6.45) is 2.84. The van der Waals surface area contributed by atoms with Gasteiger partial charge in [0.2, 0.25) is 0 Å². The van der Waals surface area contributed by atoms with Gasteiger partial charge in [0.05, 0.1) is 0 Å². The smallest absolute Gasteiger partial charge is 0.358 e. The van der Waals surface area contributed by atoms with Gasteiger partial charge in [0.1, 0.15) is 0 Å². The van der Waals surface area contributed by atoms with Crippen molar-refractivity contribution in [2.24, 2.45) is 0 Å². The van der Waals surface area contributed by atoms with Gasteiger partial charge in [-0.1, -0.05) is 6.92 Å². The molecule has 0 fully saturated rings. The molecule has 0 spiro atoms. The Balaban J connectivity index is 2.56. The van der Waals surface area contributed by atoms with Crippen LogP contribution in [0, 0.1) is 0 Å². The molecule has 1 heterocycles. The van der Waals surface area contributed by atoms with Crippen molar-refractivity contribution in [1.82, 2.24) is 14.9 Å². The number of aromatic carboxylic acids is 1. The standard InChI is InChI=1S/C10H16N4O2/c1-3-14(2)7-6-13-9-8(10(15)16)11-4-5-12-9/h4-5H,3,6-7H2,1-2H3,(H,12,13)(H,15,16). The number of hydrogen-bond donors (Lipinski definition) is 2. The van der Waals surface area contributed by atoms with Gasteiger partial charge in [0.25, 0.3) is 0 Å². The maximum atomic E-state index is 10.8. The van der Waals surface area contributed by atoms with Crippen LogP contribution in [0.3, 0.4) is 0 Å². The highest BCUT2D eigenvalue weighted by atomic mass is 16.4. The van der Waals surface area contributed by atoms with Crippen molar-refractivity contribution in [3.63, 3.8) is 0 Å².